The topological polar surface area (TPSA) is 80.5 Å². The van der Waals surface area contributed by atoms with Crippen LogP contribution in [-0.2, 0) is 0 Å². The highest BCUT2D eigenvalue weighted by Crippen LogP contribution is 2.06. The maximum atomic E-state index is 5.25. The maximum absolute atomic E-state index is 5.25. The van der Waals surface area contributed by atoms with Crippen LogP contribution in [0.1, 0.15) is 5.69 Å². The first-order valence-electron chi connectivity index (χ1n) is 3.75. The molecule has 0 atom stereocenters. The van der Waals surface area contributed by atoms with Crippen LogP contribution < -0.4 is 5.73 Å². The number of fused-ring (bicyclic) bond motifs is 1. The van der Waals surface area contributed by atoms with Gasteiger partial charge in [0.2, 0.25) is 0 Å². The number of hydrogen-bond acceptors (Lipinski definition) is 4. The number of H-pyrrole nitrogens is 1. The zero-order valence-electron chi connectivity index (χ0n) is 6.78. The molecule has 0 radical (unpaired) electrons. The van der Waals surface area contributed by atoms with Gasteiger partial charge in [0.15, 0.2) is 5.65 Å². The number of nitrogens with two attached hydrogens (primary N) is 1. The SMILES string of the molecule is NCC#Cc1ncnc2nc[nH]c12. The number of nitrogens with zero attached hydrogens (tertiary/aromatic N) is 3. The van der Waals surface area contributed by atoms with Gasteiger partial charge < -0.3 is 10.7 Å². The van der Waals surface area contributed by atoms with Crippen molar-refractivity contribution in [2.75, 3.05) is 6.54 Å². The Kier molecular flexibility index (Phi) is 1.90. The van der Waals surface area contributed by atoms with Crippen LogP contribution in [0.15, 0.2) is 12.7 Å². The summed E-state index contributed by atoms with van der Waals surface area (Å²) in [6.07, 6.45) is 3.00. The summed E-state index contributed by atoms with van der Waals surface area (Å²) in [7, 11) is 0. The predicted octanol–water partition coefficient (Wildman–Crippen LogP) is -0.337. The van der Waals surface area contributed by atoms with E-state index in [1.54, 1.807) is 6.33 Å². The average molecular weight is 173 g/mol. The molecule has 2 aromatic rings. The lowest BCUT2D eigenvalue weighted by Crippen LogP contribution is -1.94. The van der Waals surface area contributed by atoms with Crippen molar-refractivity contribution < 1.29 is 0 Å². The van der Waals surface area contributed by atoms with E-state index in [1.165, 1.54) is 6.33 Å². The summed E-state index contributed by atoms with van der Waals surface area (Å²) in [6.45, 7) is 0.319. The van der Waals surface area contributed by atoms with Crippen LogP contribution in [0, 0.1) is 11.8 Å². The molecule has 2 rings (SSSR count). The number of hydrogen-bond donors (Lipinski definition) is 2. The quantitative estimate of drug-likeness (QED) is 0.534. The summed E-state index contributed by atoms with van der Waals surface area (Å²) in [4.78, 5) is 14.9. The van der Waals surface area contributed by atoms with E-state index in [1.807, 2.05) is 0 Å². The summed E-state index contributed by atoms with van der Waals surface area (Å²) in [5.41, 5.74) is 7.26. The van der Waals surface area contributed by atoms with Crippen LogP contribution >= 0.6 is 0 Å². The Morgan fingerprint density at radius 3 is 3.15 bits per heavy atom. The summed E-state index contributed by atoms with van der Waals surface area (Å²) in [5.74, 6) is 5.56. The fourth-order valence-electron chi connectivity index (χ4n) is 0.995. The first-order chi connectivity index (χ1) is 6.42. The van der Waals surface area contributed by atoms with E-state index < -0.39 is 0 Å². The van der Waals surface area contributed by atoms with Gasteiger partial charge in [-0.15, -0.1) is 0 Å². The van der Waals surface area contributed by atoms with Crippen molar-refractivity contribution in [2.45, 2.75) is 0 Å². The molecule has 2 heterocycles. The van der Waals surface area contributed by atoms with Crippen LogP contribution in [0.5, 0.6) is 0 Å². The normalized spacial score (nSPS) is 9.62. The molecule has 0 saturated heterocycles. The fourth-order valence-corrected chi connectivity index (χ4v) is 0.995. The van der Waals surface area contributed by atoms with Crippen LogP contribution in [0.25, 0.3) is 11.2 Å². The molecular weight excluding hydrogens is 166 g/mol. The smallest absolute Gasteiger partial charge is 0.181 e. The monoisotopic (exact) mass is 173 g/mol. The minimum absolute atomic E-state index is 0.319. The lowest BCUT2D eigenvalue weighted by atomic mass is 10.3. The molecule has 0 fully saturated rings. The van der Waals surface area contributed by atoms with Crippen molar-refractivity contribution in [3.63, 3.8) is 0 Å². The van der Waals surface area contributed by atoms with Crippen molar-refractivity contribution in [3.05, 3.63) is 18.3 Å². The first kappa shape index (κ1) is 7.71. The molecule has 0 bridgehead atoms. The van der Waals surface area contributed by atoms with E-state index in [0.717, 1.165) is 5.52 Å². The Labute approximate surface area is 74.4 Å². The van der Waals surface area contributed by atoms with Crippen LogP contribution in [0.4, 0.5) is 0 Å². The maximum Gasteiger partial charge on any atom is 0.181 e. The number of nitrogens with one attached hydrogen (secondary N) is 1. The molecule has 0 spiro atoms. The zero-order valence-corrected chi connectivity index (χ0v) is 6.78. The lowest BCUT2D eigenvalue weighted by Gasteiger charge is -1.89. The minimum Gasteiger partial charge on any atom is -0.341 e. The molecule has 3 N–H and O–H groups in total. The number of aromatic nitrogens is 4. The lowest BCUT2D eigenvalue weighted by molar-refractivity contribution is 1.18. The molecule has 0 amide bonds. The predicted molar refractivity (Wildman–Crippen MR) is 47.6 cm³/mol. The van der Waals surface area contributed by atoms with E-state index in [-0.39, 0.29) is 0 Å². The second kappa shape index (κ2) is 3.21. The second-order valence-corrected chi connectivity index (χ2v) is 2.33. The van der Waals surface area contributed by atoms with Crippen LogP contribution in [-0.4, -0.2) is 26.5 Å². The van der Waals surface area contributed by atoms with E-state index in [9.17, 15) is 0 Å². The van der Waals surface area contributed by atoms with Crippen molar-refractivity contribution in [2.24, 2.45) is 5.73 Å². The Balaban J connectivity index is 2.61. The summed E-state index contributed by atoms with van der Waals surface area (Å²) < 4.78 is 0. The third-order valence-electron chi connectivity index (χ3n) is 1.53. The molecule has 13 heavy (non-hydrogen) atoms. The standard InChI is InChI=1S/C8H7N5/c9-3-1-2-6-7-8(12-4-10-6)13-5-11-7/h4-5H,3,9H2,(H,10,11,12,13). The first-order valence-corrected chi connectivity index (χ1v) is 3.75. The van der Waals surface area contributed by atoms with Crippen molar-refractivity contribution in [1.29, 1.82) is 0 Å². The molecular formula is C8H7N5. The summed E-state index contributed by atoms with van der Waals surface area (Å²) in [6, 6.07) is 0. The molecule has 0 aromatic carbocycles. The molecule has 0 aliphatic heterocycles. The Morgan fingerprint density at radius 1 is 1.38 bits per heavy atom. The molecule has 2 aromatic heterocycles. The third kappa shape index (κ3) is 1.35. The second-order valence-electron chi connectivity index (χ2n) is 2.33. The van der Waals surface area contributed by atoms with E-state index in [0.29, 0.717) is 17.9 Å². The Bertz CT molecular complexity index is 476. The Morgan fingerprint density at radius 2 is 2.31 bits per heavy atom. The summed E-state index contributed by atoms with van der Waals surface area (Å²) in [5, 5.41) is 0. The van der Waals surface area contributed by atoms with Crippen LogP contribution in [0.3, 0.4) is 0 Å². The zero-order chi connectivity index (χ0) is 9.10. The van der Waals surface area contributed by atoms with Gasteiger partial charge in [0.05, 0.1) is 12.9 Å². The fraction of sp³-hybridized carbons (Fsp3) is 0.125. The van der Waals surface area contributed by atoms with Gasteiger partial charge in [-0.1, -0.05) is 5.92 Å². The van der Waals surface area contributed by atoms with E-state index >= 15 is 0 Å². The molecule has 5 nitrogen and oxygen atoms in total. The largest absolute Gasteiger partial charge is 0.341 e. The number of rotatable bonds is 0. The van der Waals surface area contributed by atoms with Gasteiger partial charge >= 0.3 is 0 Å². The molecule has 0 aliphatic carbocycles. The highest BCUT2D eigenvalue weighted by Gasteiger charge is 2.01. The van der Waals surface area contributed by atoms with Gasteiger partial charge in [-0.25, -0.2) is 15.0 Å². The number of aromatic amines is 1. The molecule has 64 valence electrons. The summed E-state index contributed by atoms with van der Waals surface area (Å²) >= 11 is 0. The van der Waals surface area contributed by atoms with Gasteiger partial charge in [-0.2, -0.15) is 0 Å². The third-order valence-corrected chi connectivity index (χ3v) is 1.53. The molecule has 0 unspecified atom stereocenters. The van der Waals surface area contributed by atoms with E-state index in [4.69, 9.17) is 5.73 Å². The number of imidazole rings is 1. The molecule has 0 saturated carbocycles. The van der Waals surface area contributed by atoms with Crippen LogP contribution in [0.2, 0.25) is 0 Å². The average Bonchev–Trinajstić information content (AvgIpc) is 2.62. The molecule has 0 aliphatic rings. The Hall–Kier alpha value is -1.93. The van der Waals surface area contributed by atoms with Gasteiger partial charge in [0.1, 0.15) is 17.5 Å². The van der Waals surface area contributed by atoms with Gasteiger partial charge in [0, 0.05) is 0 Å². The van der Waals surface area contributed by atoms with Crippen molar-refractivity contribution >= 4 is 11.2 Å². The van der Waals surface area contributed by atoms with Crippen molar-refractivity contribution in [1.82, 2.24) is 19.9 Å². The highest BCUT2D eigenvalue weighted by atomic mass is 15.0. The van der Waals surface area contributed by atoms with Crippen molar-refractivity contribution in [3.8, 4) is 11.8 Å². The van der Waals surface area contributed by atoms with Gasteiger partial charge in [-0.05, 0) is 5.92 Å². The van der Waals surface area contributed by atoms with E-state index in [2.05, 4.69) is 31.8 Å². The van der Waals surface area contributed by atoms with Gasteiger partial charge in [-0.3, -0.25) is 0 Å². The van der Waals surface area contributed by atoms with Gasteiger partial charge in [0.25, 0.3) is 0 Å². The molecule has 5 heteroatoms. The highest BCUT2D eigenvalue weighted by molar-refractivity contribution is 5.75. The minimum atomic E-state index is 0.319.